The van der Waals surface area contributed by atoms with E-state index in [4.69, 9.17) is 4.74 Å². The number of carbonyl (C=O) groups excluding carboxylic acids is 1. The smallest absolute Gasteiger partial charge is 0.279 e. The third-order valence-corrected chi connectivity index (χ3v) is 3.16. The molecule has 4 heteroatoms. The minimum Gasteiger partial charge on any atom is -0.481 e. The van der Waals surface area contributed by atoms with E-state index >= 15 is 0 Å². The van der Waals surface area contributed by atoms with Gasteiger partial charge in [-0.3, -0.25) is 14.9 Å². The number of rotatable bonds is 4. The Bertz CT molecular complexity index is 597. The van der Waals surface area contributed by atoms with Crippen molar-refractivity contribution >= 4 is 5.91 Å². The molecule has 0 fully saturated rings. The van der Waals surface area contributed by atoms with Crippen molar-refractivity contribution in [3.8, 4) is 5.75 Å². The van der Waals surface area contributed by atoms with E-state index in [0.29, 0.717) is 5.75 Å². The van der Waals surface area contributed by atoms with Gasteiger partial charge in [-0.05, 0) is 57.5 Å². The molecule has 1 aromatic carbocycles. The number of benzene rings is 1. The standard InChI is InChI=1S/C16H20N2O2/c1-11-6-5-7-15(10-11)20-14(4)16(19)17-18-12(2)8-9-13(18)3/h5-10,14H,1-4H3,(H,17,19)/t14-/m0/s1. The summed E-state index contributed by atoms with van der Waals surface area (Å²) in [6.45, 7) is 7.62. The average Bonchev–Trinajstić information content (AvgIpc) is 2.70. The molecule has 0 saturated heterocycles. The zero-order valence-electron chi connectivity index (χ0n) is 12.3. The molecule has 0 unspecified atom stereocenters. The third-order valence-electron chi connectivity index (χ3n) is 3.16. The zero-order valence-corrected chi connectivity index (χ0v) is 12.3. The maximum atomic E-state index is 12.1. The van der Waals surface area contributed by atoms with Crippen molar-refractivity contribution in [2.45, 2.75) is 33.8 Å². The summed E-state index contributed by atoms with van der Waals surface area (Å²) in [5.74, 6) is 0.530. The molecule has 0 spiro atoms. The van der Waals surface area contributed by atoms with Crippen LogP contribution in [-0.4, -0.2) is 16.7 Å². The molecule has 2 rings (SSSR count). The van der Waals surface area contributed by atoms with Gasteiger partial charge in [-0.1, -0.05) is 12.1 Å². The topological polar surface area (TPSA) is 43.3 Å². The van der Waals surface area contributed by atoms with Gasteiger partial charge < -0.3 is 4.74 Å². The van der Waals surface area contributed by atoms with E-state index in [0.717, 1.165) is 17.0 Å². The van der Waals surface area contributed by atoms with Crippen molar-refractivity contribution in [2.24, 2.45) is 0 Å². The zero-order chi connectivity index (χ0) is 14.7. The summed E-state index contributed by atoms with van der Waals surface area (Å²) in [7, 11) is 0. The summed E-state index contributed by atoms with van der Waals surface area (Å²) >= 11 is 0. The van der Waals surface area contributed by atoms with Crippen molar-refractivity contribution in [3.05, 3.63) is 53.3 Å². The lowest BCUT2D eigenvalue weighted by Gasteiger charge is -2.17. The van der Waals surface area contributed by atoms with E-state index < -0.39 is 6.10 Å². The second-order valence-corrected chi connectivity index (χ2v) is 5.00. The number of aryl methyl sites for hydroxylation is 3. The van der Waals surface area contributed by atoms with Crippen molar-refractivity contribution in [1.82, 2.24) is 4.68 Å². The summed E-state index contributed by atoms with van der Waals surface area (Å²) in [5, 5.41) is 0. The van der Waals surface area contributed by atoms with Gasteiger partial charge in [0.25, 0.3) is 5.91 Å². The van der Waals surface area contributed by atoms with Crippen molar-refractivity contribution in [1.29, 1.82) is 0 Å². The Morgan fingerprint density at radius 2 is 1.80 bits per heavy atom. The first-order chi connectivity index (χ1) is 9.47. The Hall–Kier alpha value is -2.23. The molecule has 0 radical (unpaired) electrons. The van der Waals surface area contributed by atoms with Gasteiger partial charge in [0.1, 0.15) is 5.75 Å². The molecule has 1 aromatic heterocycles. The molecule has 20 heavy (non-hydrogen) atoms. The number of hydrogen-bond acceptors (Lipinski definition) is 2. The summed E-state index contributed by atoms with van der Waals surface area (Å²) in [5.41, 5.74) is 5.92. The van der Waals surface area contributed by atoms with Gasteiger partial charge in [0, 0.05) is 11.4 Å². The molecule has 1 N–H and O–H groups in total. The SMILES string of the molecule is Cc1cccc(O[C@@H](C)C(=O)Nn2c(C)ccc2C)c1. The quantitative estimate of drug-likeness (QED) is 0.930. The molecule has 0 bridgehead atoms. The van der Waals surface area contributed by atoms with Crippen LogP contribution in [0.1, 0.15) is 23.9 Å². The van der Waals surface area contributed by atoms with Crippen LogP contribution in [0, 0.1) is 20.8 Å². The lowest BCUT2D eigenvalue weighted by Crippen LogP contribution is -2.35. The molecular weight excluding hydrogens is 252 g/mol. The van der Waals surface area contributed by atoms with Crippen LogP contribution in [0.4, 0.5) is 0 Å². The van der Waals surface area contributed by atoms with Crippen LogP contribution in [0.3, 0.4) is 0 Å². The molecule has 4 nitrogen and oxygen atoms in total. The summed E-state index contributed by atoms with van der Waals surface area (Å²) in [6, 6.07) is 11.6. The maximum absolute atomic E-state index is 12.1. The first kappa shape index (κ1) is 14.2. The molecule has 1 atom stereocenters. The number of nitrogens with one attached hydrogen (secondary N) is 1. The molecular formula is C16H20N2O2. The first-order valence-electron chi connectivity index (χ1n) is 6.66. The molecule has 0 aliphatic heterocycles. The highest BCUT2D eigenvalue weighted by Gasteiger charge is 2.16. The Morgan fingerprint density at radius 3 is 2.40 bits per heavy atom. The van der Waals surface area contributed by atoms with Crippen molar-refractivity contribution < 1.29 is 9.53 Å². The van der Waals surface area contributed by atoms with Gasteiger partial charge in [0.15, 0.2) is 6.10 Å². The second-order valence-electron chi connectivity index (χ2n) is 5.00. The van der Waals surface area contributed by atoms with E-state index in [1.807, 2.05) is 57.2 Å². The fourth-order valence-electron chi connectivity index (χ4n) is 1.99. The van der Waals surface area contributed by atoms with Crippen LogP contribution in [0.25, 0.3) is 0 Å². The summed E-state index contributed by atoms with van der Waals surface area (Å²) in [6.07, 6.45) is -0.557. The number of nitrogens with zero attached hydrogens (tertiary/aromatic N) is 1. The third kappa shape index (κ3) is 3.20. The van der Waals surface area contributed by atoms with E-state index in [-0.39, 0.29) is 5.91 Å². The van der Waals surface area contributed by atoms with Gasteiger partial charge in [0.05, 0.1) is 0 Å². The van der Waals surface area contributed by atoms with Crippen LogP contribution in [0.15, 0.2) is 36.4 Å². The molecule has 0 aliphatic rings. The van der Waals surface area contributed by atoms with Crippen LogP contribution < -0.4 is 10.2 Å². The Morgan fingerprint density at radius 1 is 1.15 bits per heavy atom. The lowest BCUT2D eigenvalue weighted by atomic mass is 10.2. The van der Waals surface area contributed by atoms with Gasteiger partial charge in [0.2, 0.25) is 0 Å². The highest BCUT2D eigenvalue weighted by Crippen LogP contribution is 2.14. The Balaban J connectivity index is 2.02. The van der Waals surface area contributed by atoms with Crippen molar-refractivity contribution in [3.63, 3.8) is 0 Å². The van der Waals surface area contributed by atoms with Crippen molar-refractivity contribution in [2.75, 3.05) is 5.43 Å². The number of hydrogen-bond donors (Lipinski definition) is 1. The Kier molecular flexibility index (Phi) is 4.13. The maximum Gasteiger partial charge on any atom is 0.279 e. The minimum atomic E-state index is -0.557. The predicted octanol–water partition coefficient (Wildman–Crippen LogP) is 2.95. The number of amides is 1. The predicted molar refractivity (Wildman–Crippen MR) is 79.5 cm³/mol. The van der Waals surface area contributed by atoms with Gasteiger partial charge in [-0.2, -0.15) is 0 Å². The molecule has 1 heterocycles. The highest BCUT2D eigenvalue weighted by atomic mass is 16.5. The highest BCUT2D eigenvalue weighted by molar-refractivity contribution is 5.88. The van der Waals surface area contributed by atoms with Crippen LogP contribution in [-0.2, 0) is 4.79 Å². The monoisotopic (exact) mass is 272 g/mol. The fraction of sp³-hybridized carbons (Fsp3) is 0.312. The number of aromatic nitrogens is 1. The fourth-order valence-corrected chi connectivity index (χ4v) is 1.99. The number of ether oxygens (including phenoxy) is 1. The van der Waals surface area contributed by atoms with Crippen LogP contribution >= 0.6 is 0 Å². The normalized spacial score (nSPS) is 12.0. The summed E-state index contributed by atoms with van der Waals surface area (Å²) < 4.78 is 7.42. The molecule has 2 aromatic rings. The van der Waals surface area contributed by atoms with E-state index in [2.05, 4.69) is 5.43 Å². The average molecular weight is 272 g/mol. The van der Waals surface area contributed by atoms with Crippen LogP contribution in [0.5, 0.6) is 5.75 Å². The van der Waals surface area contributed by atoms with Crippen LogP contribution in [0.2, 0.25) is 0 Å². The first-order valence-corrected chi connectivity index (χ1v) is 6.66. The lowest BCUT2D eigenvalue weighted by molar-refractivity contribution is -0.123. The van der Waals surface area contributed by atoms with Gasteiger partial charge in [-0.15, -0.1) is 0 Å². The number of carbonyl (C=O) groups is 1. The van der Waals surface area contributed by atoms with Gasteiger partial charge >= 0.3 is 0 Å². The van der Waals surface area contributed by atoms with E-state index in [9.17, 15) is 4.79 Å². The molecule has 1 amide bonds. The summed E-state index contributed by atoms with van der Waals surface area (Å²) in [4.78, 5) is 12.1. The van der Waals surface area contributed by atoms with E-state index in [1.165, 1.54) is 0 Å². The molecule has 0 aliphatic carbocycles. The largest absolute Gasteiger partial charge is 0.481 e. The Labute approximate surface area is 119 Å². The second kappa shape index (κ2) is 5.82. The molecule has 106 valence electrons. The minimum absolute atomic E-state index is 0.172. The van der Waals surface area contributed by atoms with E-state index in [1.54, 1.807) is 11.6 Å². The van der Waals surface area contributed by atoms with Gasteiger partial charge in [-0.25, -0.2) is 0 Å². The molecule has 0 saturated carbocycles.